The van der Waals surface area contributed by atoms with Crippen molar-refractivity contribution in [1.82, 2.24) is 24.6 Å². The van der Waals surface area contributed by atoms with Gasteiger partial charge in [-0.1, -0.05) is 0 Å². The fourth-order valence-corrected chi connectivity index (χ4v) is 3.54. The van der Waals surface area contributed by atoms with Gasteiger partial charge in [-0.15, -0.1) is 5.10 Å². The zero-order chi connectivity index (χ0) is 16.1. The summed E-state index contributed by atoms with van der Waals surface area (Å²) in [6.45, 7) is 3.04. The second kappa shape index (κ2) is 5.55. The van der Waals surface area contributed by atoms with Crippen molar-refractivity contribution < 1.29 is 0 Å². The lowest BCUT2D eigenvalue weighted by Gasteiger charge is -2.44. The van der Waals surface area contributed by atoms with Crippen molar-refractivity contribution in [3.8, 4) is 0 Å². The van der Waals surface area contributed by atoms with E-state index in [1.54, 1.807) is 0 Å². The Morgan fingerprint density at radius 3 is 2.62 bits per heavy atom. The van der Waals surface area contributed by atoms with Gasteiger partial charge in [-0.05, 0) is 44.9 Å². The average Bonchev–Trinajstić information content (AvgIpc) is 3.46. The van der Waals surface area contributed by atoms with Gasteiger partial charge in [0.2, 0.25) is 0 Å². The Balaban J connectivity index is 1.17. The third-order valence-electron chi connectivity index (χ3n) is 5.57. The van der Waals surface area contributed by atoms with Crippen LogP contribution in [0.5, 0.6) is 0 Å². The molecule has 3 aliphatic rings. The third-order valence-corrected chi connectivity index (χ3v) is 5.57. The molecular formula is C18H24N6. The molecule has 0 N–H and O–H groups in total. The van der Waals surface area contributed by atoms with E-state index in [1.807, 2.05) is 12.5 Å². The standard InChI is InChI=1S/C18H24N6/c1-22(9-15-8-19-12-24(15)14-4-5-14)16-10-23(11-16)18-7-6-17(20-21-18)13-2-3-13/h6-8,12-14,16H,2-5,9-11H2,1H3. The summed E-state index contributed by atoms with van der Waals surface area (Å²) in [7, 11) is 2.22. The van der Waals surface area contributed by atoms with Gasteiger partial charge in [0.25, 0.3) is 0 Å². The predicted octanol–water partition coefficient (Wildman–Crippen LogP) is 2.21. The van der Waals surface area contributed by atoms with Gasteiger partial charge in [-0.25, -0.2) is 4.98 Å². The first-order valence-corrected chi connectivity index (χ1v) is 9.07. The number of anilines is 1. The summed E-state index contributed by atoms with van der Waals surface area (Å²) in [4.78, 5) is 9.10. The number of likely N-dealkylation sites (N-methyl/N-ethyl adjacent to an activating group) is 1. The smallest absolute Gasteiger partial charge is 0.151 e. The van der Waals surface area contributed by atoms with Gasteiger partial charge in [-0.3, -0.25) is 4.90 Å². The molecule has 2 aromatic rings. The Hall–Kier alpha value is -1.95. The molecule has 0 spiro atoms. The maximum atomic E-state index is 4.42. The van der Waals surface area contributed by atoms with E-state index >= 15 is 0 Å². The Kier molecular flexibility index (Phi) is 3.33. The Labute approximate surface area is 142 Å². The molecule has 0 radical (unpaired) electrons. The Morgan fingerprint density at radius 2 is 1.96 bits per heavy atom. The number of hydrogen-bond acceptors (Lipinski definition) is 5. The van der Waals surface area contributed by atoms with Crippen LogP contribution in [0.1, 0.15) is 49.0 Å². The van der Waals surface area contributed by atoms with E-state index in [0.29, 0.717) is 18.0 Å². The minimum atomic E-state index is 0.581. The number of hydrogen-bond donors (Lipinski definition) is 0. The second-order valence-electron chi connectivity index (χ2n) is 7.59. The monoisotopic (exact) mass is 324 g/mol. The van der Waals surface area contributed by atoms with E-state index in [1.165, 1.54) is 37.1 Å². The molecule has 5 rings (SSSR count). The molecular weight excluding hydrogens is 300 g/mol. The zero-order valence-electron chi connectivity index (χ0n) is 14.2. The summed E-state index contributed by atoms with van der Waals surface area (Å²) >= 11 is 0. The molecule has 0 aromatic carbocycles. The summed E-state index contributed by atoms with van der Waals surface area (Å²) in [6.07, 6.45) is 9.18. The maximum Gasteiger partial charge on any atom is 0.151 e. The van der Waals surface area contributed by atoms with E-state index in [-0.39, 0.29) is 0 Å². The number of imidazole rings is 1. The van der Waals surface area contributed by atoms with Crippen LogP contribution < -0.4 is 4.90 Å². The van der Waals surface area contributed by atoms with Crippen LogP contribution in [0.25, 0.3) is 0 Å². The lowest BCUT2D eigenvalue weighted by molar-refractivity contribution is 0.192. The number of rotatable bonds is 6. The van der Waals surface area contributed by atoms with Crippen molar-refractivity contribution in [2.75, 3.05) is 25.0 Å². The molecule has 3 fully saturated rings. The molecule has 2 aliphatic carbocycles. The lowest BCUT2D eigenvalue weighted by Crippen LogP contribution is -2.58. The van der Waals surface area contributed by atoms with Gasteiger partial charge in [0.1, 0.15) is 0 Å². The largest absolute Gasteiger partial charge is 0.352 e. The molecule has 126 valence electrons. The van der Waals surface area contributed by atoms with Crippen LogP contribution in [0.2, 0.25) is 0 Å². The van der Waals surface area contributed by atoms with Gasteiger partial charge < -0.3 is 9.47 Å². The summed E-state index contributed by atoms with van der Waals surface area (Å²) in [5, 5.41) is 8.82. The highest BCUT2D eigenvalue weighted by molar-refractivity contribution is 5.42. The van der Waals surface area contributed by atoms with Crippen molar-refractivity contribution >= 4 is 5.82 Å². The quantitative estimate of drug-likeness (QED) is 0.815. The van der Waals surface area contributed by atoms with E-state index in [0.717, 1.165) is 25.5 Å². The first-order valence-electron chi connectivity index (χ1n) is 9.07. The third kappa shape index (κ3) is 2.69. The molecule has 1 aliphatic heterocycles. The van der Waals surface area contributed by atoms with Crippen molar-refractivity contribution in [1.29, 1.82) is 0 Å². The van der Waals surface area contributed by atoms with Crippen LogP contribution in [0.3, 0.4) is 0 Å². The molecule has 0 bridgehead atoms. The first kappa shape index (κ1) is 14.4. The normalized spacial score (nSPS) is 21.3. The fourth-order valence-electron chi connectivity index (χ4n) is 3.54. The van der Waals surface area contributed by atoms with Crippen LogP contribution in [-0.2, 0) is 6.54 Å². The van der Waals surface area contributed by atoms with Crippen LogP contribution in [0, 0.1) is 0 Å². The minimum absolute atomic E-state index is 0.581. The maximum absolute atomic E-state index is 4.42. The average molecular weight is 324 g/mol. The van der Waals surface area contributed by atoms with Crippen molar-refractivity contribution in [3.63, 3.8) is 0 Å². The highest BCUT2D eigenvalue weighted by atomic mass is 15.4. The van der Waals surface area contributed by atoms with Gasteiger partial charge in [0.05, 0.1) is 17.7 Å². The zero-order valence-corrected chi connectivity index (χ0v) is 14.2. The Bertz CT molecular complexity index is 709. The van der Waals surface area contributed by atoms with E-state index in [9.17, 15) is 0 Å². The molecule has 24 heavy (non-hydrogen) atoms. The predicted molar refractivity (Wildman–Crippen MR) is 92.0 cm³/mol. The summed E-state index contributed by atoms with van der Waals surface area (Å²) in [5.41, 5.74) is 2.51. The van der Waals surface area contributed by atoms with E-state index in [2.05, 4.69) is 48.7 Å². The highest BCUT2D eigenvalue weighted by Crippen LogP contribution is 2.39. The van der Waals surface area contributed by atoms with Crippen molar-refractivity contribution in [2.45, 2.75) is 50.2 Å². The molecule has 2 aromatic heterocycles. The highest BCUT2D eigenvalue weighted by Gasteiger charge is 2.33. The van der Waals surface area contributed by atoms with E-state index < -0.39 is 0 Å². The van der Waals surface area contributed by atoms with Crippen LogP contribution in [-0.4, -0.2) is 50.8 Å². The Morgan fingerprint density at radius 1 is 1.12 bits per heavy atom. The molecule has 2 saturated carbocycles. The van der Waals surface area contributed by atoms with Gasteiger partial charge in [0.15, 0.2) is 5.82 Å². The number of aromatic nitrogens is 4. The molecule has 6 heteroatoms. The molecule has 0 amide bonds. The fraction of sp³-hybridized carbons (Fsp3) is 0.611. The number of nitrogens with zero attached hydrogens (tertiary/aromatic N) is 6. The molecule has 0 atom stereocenters. The van der Waals surface area contributed by atoms with Gasteiger partial charge in [-0.2, -0.15) is 5.10 Å². The molecule has 3 heterocycles. The van der Waals surface area contributed by atoms with Crippen molar-refractivity contribution in [3.05, 3.63) is 36.0 Å². The summed E-state index contributed by atoms with van der Waals surface area (Å²) in [5.74, 6) is 1.70. The molecule has 0 unspecified atom stereocenters. The SMILES string of the molecule is CN(Cc1cncn1C1CC1)C1CN(c2ccc(C3CC3)nn2)C1. The topological polar surface area (TPSA) is 50.1 Å². The second-order valence-corrected chi connectivity index (χ2v) is 7.59. The van der Waals surface area contributed by atoms with Gasteiger partial charge in [0, 0.05) is 43.8 Å². The minimum Gasteiger partial charge on any atom is -0.352 e. The summed E-state index contributed by atoms with van der Waals surface area (Å²) < 4.78 is 2.36. The molecule has 1 saturated heterocycles. The lowest BCUT2D eigenvalue weighted by atomic mass is 10.1. The van der Waals surface area contributed by atoms with E-state index in [4.69, 9.17) is 0 Å². The summed E-state index contributed by atoms with van der Waals surface area (Å²) in [6, 6.07) is 5.58. The van der Waals surface area contributed by atoms with Gasteiger partial charge >= 0.3 is 0 Å². The molecule has 6 nitrogen and oxygen atoms in total. The first-order chi connectivity index (χ1) is 11.8. The van der Waals surface area contributed by atoms with Crippen molar-refractivity contribution in [2.24, 2.45) is 0 Å². The van der Waals surface area contributed by atoms with Crippen LogP contribution in [0.15, 0.2) is 24.7 Å². The van der Waals surface area contributed by atoms with Crippen LogP contribution >= 0.6 is 0 Å². The van der Waals surface area contributed by atoms with Crippen LogP contribution in [0.4, 0.5) is 5.82 Å².